The van der Waals surface area contributed by atoms with Gasteiger partial charge in [0.05, 0.1) is 11.6 Å². The summed E-state index contributed by atoms with van der Waals surface area (Å²) in [5.41, 5.74) is 0.297. The van der Waals surface area contributed by atoms with Gasteiger partial charge in [0, 0.05) is 9.35 Å². The van der Waals surface area contributed by atoms with E-state index in [0.717, 1.165) is 22.2 Å². The molecule has 2 N–H and O–H groups in total. The van der Waals surface area contributed by atoms with Gasteiger partial charge in [-0.15, -0.1) is 11.3 Å². The molecule has 1 unspecified atom stereocenters. The van der Waals surface area contributed by atoms with Crippen LogP contribution in [0.5, 0.6) is 5.75 Å². The smallest absolute Gasteiger partial charge is 0.255 e. The molecule has 2 rings (SSSR count). The quantitative estimate of drug-likeness (QED) is 0.831. The van der Waals surface area contributed by atoms with E-state index in [1.165, 1.54) is 6.07 Å². The fraction of sp³-hybridized carbons (Fsp3) is 0.267. The summed E-state index contributed by atoms with van der Waals surface area (Å²) in [5.74, 6) is -0.264. The van der Waals surface area contributed by atoms with Crippen LogP contribution in [0.2, 0.25) is 0 Å². The van der Waals surface area contributed by atoms with Gasteiger partial charge in [0.1, 0.15) is 5.75 Å². The molecule has 0 saturated heterocycles. The van der Waals surface area contributed by atoms with Gasteiger partial charge in [-0.05, 0) is 36.1 Å². The number of thiophene rings is 1. The fourth-order valence-corrected chi connectivity index (χ4v) is 3.16. The van der Waals surface area contributed by atoms with Crippen molar-refractivity contribution >= 4 is 33.2 Å². The third-order valence-electron chi connectivity index (χ3n) is 2.97. The van der Waals surface area contributed by atoms with Crippen molar-refractivity contribution in [2.24, 2.45) is 0 Å². The molecule has 1 heterocycles. The van der Waals surface area contributed by atoms with E-state index < -0.39 is 0 Å². The van der Waals surface area contributed by atoms with E-state index in [4.69, 9.17) is 0 Å². The lowest BCUT2D eigenvalue weighted by Gasteiger charge is -2.17. The summed E-state index contributed by atoms with van der Waals surface area (Å²) in [6, 6.07) is 8.88. The summed E-state index contributed by atoms with van der Waals surface area (Å²) in [6.07, 6.45) is 1.86. The van der Waals surface area contributed by atoms with Crippen molar-refractivity contribution in [1.82, 2.24) is 5.32 Å². The Balaban J connectivity index is 2.16. The molecule has 106 valence electrons. The number of hydrogen-bond acceptors (Lipinski definition) is 3. The predicted octanol–water partition coefficient (Wildman–Crippen LogP) is 4.49. The summed E-state index contributed by atoms with van der Waals surface area (Å²) in [6.45, 7) is 2.09. The molecule has 1 aromatic heterocycles. The number of amides is 1. The van der Waals surface area contributed by atoms with Gasteiger partial charge in [-0.2, -0.15) is 0 Å². The molecular formula is C15H16BrNO2S. The fourth-order valence-electron chi connectivity index (χ4n) is 2.00. The van der Waals surface area contributed by atoms with Gasteiger partial charge in [-0.3, -0.25) is 4.79 Å². The number of carbonyl (C=O) groups is 1. The highest BCUT2D eigenvalue weighted by molar-refractivity contribution is 9.10. The Bertz CT molecular complexity index is 584. The maximum atomic E-state index is 12.3. The molecule has 1 amide bonds. The Labute approximate surface area is 130 Å². The first-order chi connectivity index (χ1) is 9.61. The minimum atomic E-state index is -0.248. The third kappa shape index (κ3) is 3.61. The minimum Gasteiger partial charge on any atom is -0.507 e. The van der Waals surface area contributed by atoms with Crippen LogP contribution in [0.4, 0.5) is 0 Å². The summed E-state index contributed by atoms with van der Waals surface area (Å²) >= 11 is 4.89. The first kappa shape index (κ1) is 15.1. The SMILES string of the molecule is CCCC(NC(=O)c1ccc(Br)cc1O)c1cccs1. The van der Waals surface area contributed by atoms with Crippen LogP contribution in [0.25, 0.3) is 0 Å². The second-order valence-electron chi connectivity index (χ2n) is 4.49. The van der Waals surface area contributed by atoms with Crippen molar-refractivity contribution in [3.05, 3.63) is 50.6 Å². The second kappa shape index (κ2) is 6.90. The number of halogens is 1. The van der Waals surface area contributed by atoms with Crippen LogP contribution < -0.4 is 5.32 Å². The molecule has 2 aromatic rings. The topological polar surface area (TPSA) is 49.3 Å². The molecule has 0 saturated carbocycles. The Morgan fingerprint density at radius 1 is 1.45 bits per heavy atom. The lowest BCUT2D eigenvalue weighted by Crippen LogP contribution is -2.28. The highest BCUT2D eigenvalue weighted by atomic mass is 79.9. The average molecular weight is 354 g/mol. The molecule has 0 aliphatic heterocycles. The van der Waals surface area contributed by atoms with Crippen molar-refractivity contribution in [3.63, 3.8) is 0 Å². The number of nitrogens with one attached hydrogen (secondary N) is 1. The van der Waals surface area contributed by atoms with Gasteiger partial charge in [0.25, 0.3) is 5.91 Å². The van der Waals surface area contributed by atoms with E-state index in [2.05, 4.69) is 28.2 Å². The summed E-state index contributed by atoms with van der Waals surface area (Å²) in [4.78, 5) is 13.4. The van der Waals surface area contributed by atoms with E-state index in [1.54, 1.807) is 23.5 Å². The summed E-state index contributed by atoms with van der Waals surface area (Å²) in [5, 5.41) is 14.8. The van der Waals surface area contributed by atoms with E-state index >= 15 is 0 Å². The van der Waals surface area contributed by atoms with Crippen LogP contribution in [0.1, 0.15) is 41.0 Å². The Kier molecular flexibility index (Phi) is 5.20. The second-order valence-corrected chi connectivity index (χ2v) is 6.39. The van der Waals surface area contributed by atoms with Crippen molar-refractivity contribution in [2.75, 3.05) is 0 Å². The van der Waals surface area contributed by atoms with E-state index in [-0.39, 0.29) is 17.7 Å². The number of phenols is 1. The van der Waals surface area contributed by atoms with Crippen molar-refractivity contribution < 1.29 is 9.90 Å². The predicted molar refractivity (Wildman–Crippen MR) is 85.2 cm³/mol. The Hall–Kier alpha value is -1.33. The lowest BCUT2D eigenvalue weighted by atomic mass is 10.1. The van der Waals surface area contributed by atoms with Gasteiger partial charge >= 0.3 is 0 Å². The third-order valence-corrected chi connectivity index (χ3v) is 4.45. The first-order valence-electron chi connectivity index (χ1n) is 6.44. The normalized spacial score (nSPS) is 12.1. The van der Waals surface area contributed by atoms with Crippen LogP contribution >= 0.6 is 27.3 Å². The highest BCUT2D eigenvalue weighted by Crippen LogP contribution is 2.26. The molecule has 0 spiro atoms. The summed E-state index contributed by atoms with van der Waals surface area (Å²) in [7, 11) is 0. The first-order valence-corrected chi connectivity index (χ1v) is 8.12. The number of benzene rings is 1. The van der Waals surface area contributed by atoms with Crippen LogP contribution in [0.3, 0.4) is 0 Å². The zero-order valence-corrected chi connectivity index (χ0v) is 13.5. The van der Waals surface area contributed by atoms with Crippen LogP contribution in [0.15, 0.2) is 40.2 Å². The van der Waals surface area contributed by atoms with Crippen LogP contribution in [-0.2, 0) is 0 Å². The number of hydrogen-bond donors (Lipinski definition) is 2. The molecular weight excluding hydrogens is 338 g/mol. The van der Waals surface area contributed by atoms with E-state index in [9.17, 15) is 9.90 Å². The van der Waals surface area contributed by atoms with E-state index in [0.29, 0.717) is 5.56 Å². The monoisotopic (exact) mass is 353 g/mol. The number of rotatable bonds is 5. The van der Waals surface area contributed by atoms with E-state index in [1.807, 2.05) is 17.5 Å². The lowest BCUT2D eigenvalue weighted by molar-refractivity contribution is 0.0932. The van der Waals surface area contributed by atoms with Crippen LogP contribution in [-0.4, -0.2) is 11.0 Å². The van der Waals surface area contributed by atoms with Crippen LogP contribution in [0, 0.1) is 0 Å². The van der Waals surface area contributed by atoms with Gasteiger partial charge in [0.2, 0.25) is 0 Å². The zero-order valence-electron chi connectivity index (χ0n) is 11.1. The molecule has 1 aromatic carbocycles. The maximum Gasteiger partial charge on any atom is 0.255 e. The van der Waals surface area contributed by atoms with Gasteiger partial charge < -0.3 is 10.4 Å². The summed E-state index contributed by atoms with van der Waals surface area (Å²) < 4.78 is 0.745. The molecule has 1 atom stereocenters. The number of carbonyl (C=O) groups excluding carboxylic acids is 1. The number of phenolic OH excluding ortho intramolecular Hbond substituents is 1. The Morgan fingerprint density at radius 3 is 2.85 bits per heavy atom. The molecule has 0 aliphatic carbocycles. The molecule has 0 aliphatic rings. The van der Waals surface area contributed by atoms with Crippen molar-refractivity contribution in [3.8, 4) is 5.75 Å². The molecule has 3 nitrogen and oxygen atoms in total. The molecule has 0 fully saturated rings. The molecule has 0 bridgehead atoms. The largest absolute Gasteiger partial charge is 0.507 e. The van der Waals surface area contributed by atoms with Crippen molar-refractivity contribution in [1.29, 1.82) is 0 Å². The molecule has 5 heteroatoms. The Morgan fingerprint density at radius 2 is 2.25 bits per heavy atom. The number of aromatic hydroxyl groups is 1. The van der Waals surface area contributed by atoms with Gasteiger partial charge in [0.15, 0.2) is 0 Å². The molecule has 20 heavy (non-hydrogen) atoms. The van der Waals surface area contributed by atoms with Gasteiger partial charge in [-0.1, -0.05) is 35.3 Å². The standard InChI is InChI=1S/C15H16BrNO2S/c1-2-4-12(14-5-3-8-20-14)17-15(19)11-7-6-10(16)9-13(11)18/h3,5-9,12,18H,2,4H2,1H3,(H,17,19). The van der Waals surface area contributed by atoms with Crippen molar-refractivity contribution in [2.45, 2.75) is 25.8 Å². The average Bonchev–Trinajstić information content (AvgIpc) is 2.91. The maximum absolute atomic E-state index is 12.3. The zero-order chi connectivity index (χ0) is 14.5. The minimum absolute atomic E-state index is 0.00412. The highest BCUT2D eigenvalue weighted by Gasteiger charge is 2.18. The molecule has 0 radical (unpaired) electrons. The van der Waals surface area contributed by atoms with Gasteiger partial charge in [-0.25, -0.2) is 0 Å².